The van der Waals surface area contributed by atoms with Crippen molar-refractivity contribution in [3.63, 3.8) is 0 Å². The highest BCUT2D eigenvalue weighted by molar-refractivity contribution is 6.06. The van der Waals surface area contributed by atoms with E-state index in [1.165, 1.54) is 49.9 Å². The topological polar surface area (TPSA) is 6.48 Å². The first-order valence-corrected chi connectivity index (χ1v) is 18.8. The molecule has 0 heterocycles. The summed E-state index contributed by atoms with van der Waals surface area (Å²) in [5.74, 6) is 0. The molecule has 0 amide bonds. The summed E-state index contributed by atoms with van der Waals surface area (Å²) in [6.07, 6.45) is 8.99. The minimum atomic E-state index is 1.05. The summed E-state index contributed by atoms with van der Waals surface area (Å²) in [7, 11) is 0. The van der Waals surface area contributed by atoms with E-state index < -0.39 is 0 Å². The van der Waals surface area contributed by atoms with Crippen LogP contribution in [-0.4, -0.2) is 0 Å². The Morgan fingerprint density at radius 1 is 0.315 bits per heavy atom. The fraction of sp³-hybridized carbons (Fsp3) is 0.0385. The van der Waals surface area contributed by atoms with Crippen molar-refractivity contribution in [1.82, 2.24) is 0 Å². The van der Waals surface area contributed by atoms with Gasteiger partial charge in [0.05, 0.1) is 0 Å². The van der Waals surface area contributed by atoms with Crippen molar-refractivity contribution < 1.29 is 0 Å². The van der Waals surface area contributed by atoms with Crippen LogP contribution in [0.15, 0.2) is 224 Å². The third-order valence-electron chi connectivity index (χ3n) is 10.3. The van der Waals surface area contributed by atoms with Crippen molar-refractivity contribution in [3.8, 4) is 33.4 Å². The SMILES string of the molecule is C1=CC(N(c2ccccc2)c2ccc(-c3cccc4cccc(-c5ccc(N(c6ccccc6)c6ccc(-c7ccccc7)cc6)cc5)c34)cc2)=CCC1. The van der Waals surface area contributed by atoms with Gasteiger partial charge in [-0.05, 0) is 124 Å². The van der Waals surface area contributed by atoms with E-state index in [1.807, 2.05) is 0 Å². The van der Waals surface area contributed by atoms with E-state index in [-0.39, 0.29) is 0 Å². The first kappa shape index (κ1) is 33.0. The Kier molecular flexibility index (Phi) is 9.15. The minimum Gasteiger partial charge on any atom is -0.311 e. The molecule has 258 valence electrons. The van der Waals surface area contributed by atoms with E-state index >= 15 is 0 Å². The second-order valence-corrected chi connectivity index (χ2v) is 13.7. The van der Waals surface area contributed by atoms with Crippen molar-refractivity contribution in [2.24, 2.45) is 0 Å². The van der Waals surface area contributed by atoms with Gasteiger partial charge in [-0.25, -0.2) is 0 Å². The summed E-state index contributed by atoms with van der Waals surface area (Å²) >= 11 is 0. The number of para-hydroxylation sites is 2. The molecule has 2 heteroatoms. The quantitative estimate of drug-likeness (QED) is 0.149. The predicted molar refractivity (Wildman–Crippen MR) is 230 cm³/mol. The number of anilines is 5. The molecule has 0 N–H and O–H groups in total. The molecular formula is C52H40N2. The molecule has 0 aliphatic heterocycles. The van der Waals surface area contributed by atoms with Gasteiger partial charge < -0.3 is 9.80 Å². The summed E-state index contributed by atoms with van der Waals surface area (Å²) < 4.78 is 0. The van der Waals surface area contributed by atoms with E-state index in [0.717, 1.165) is 41.3 Å². The number of nitrogens with zero attached hydrogens (tertiary/aromatic N) is 2. The van der Waals surface area contributed by atoms with Gasteiger partial charge in [0.15, 0.2) is 0 Å². The standard InChI is InChI=1S/C52H40N2/c1-5-15-39(16-6-1)40-27-33-47(34-28-40)54(46-23-11-4-12-24-46)49-37-31-42(32-38-49)51-26-14-18-43-17-13-25-50(52(43)51)41-29-35-48(36-30-41)53(44-19-7-2-8-20-44)45-21-9-3-10-22-45/h1-2,4-9,11-38H,3,10H2. The lowest BCUT2D eigenvalue weighted by molar-refractivity contribution is 0.997. The molecule has 0 aromatic heterocycles. The molecular weight excluding hydrogens is 653 g/mol. The monoisotopic (exact) mass is 692 g/mol. The average Bonchev–Trinajstić information content (AvgIpc) is 3.26. The molecule has 0 bridgehead atoms. The van der Waals surface area contributed by atoms with Crippen LogP contribution in [0.4, 0.5) is 28.4 Å². The first-order valence-electron chi connectivity index (χ1n) is 18.8. The summed E-state index contributed by atoms with van der Waals surface area (Å²) in [5.41, 5.74) is 14.1. The summed E-state index contributed by atoms with van der Waals surface area (Å²) in [4.78, 5) is 4.68. The molecule has 0 atom stereocenters. The van der Waals surface area contributed by atoms with Gasteiger partial charge in [0.25, 0.3) is 0 Å². The summed E-state index contributed by atoms with van der Waals surface area (Å²) in [6, 6.07) is 72.0. The van der Waals surface area contributed by atoms with E-state index in [9.17, 15) is 0 Å². The minimum absolute atomic E-state index is 1.05. The van der Waals surface area contributed by atoms with Crippen molar-refractivity contribution in [1.29, 1.82) is 0 Å². The third-order valence-corrected chi connectivity index (χ3v) is 10.3. The first-order chi connectivity index (χ1) is 26.8. The fourth-order valence-corrected chi connectivity index (χ4v) is 7.65. The van der Waals surface area contributed by atoms with Gasteiger partial charge in [0.1, 0.15) is 0 Å². The number of hydrogen-bond donors (Lipinski definition) is 0. The second-order valence-electron chi connectivity index (χ2n) is 13.7. The van der Waals surface area contributed by atoms with E-state index in [1.54, 1.807) is 0 Å². The third kappa shape index (κ3) is 6.62. The summed E-state index contributed by atoms with van der Waals surface area (Å²) in [6.45, 7) is 0. The maximum Gasteiger partial charge on any atom is 0.0462 e. The molecule has 0 saturated carbocycles. The Morgan fingerprint density at radius 2 is 0.741 bits per heavy atom. The van der Waals surface area contributed by atoms with E-state index in [0.29, 0.717) is 0 Å². The number of benzene rings is 8. The Morgan fingerprint density at radius 3 is 1.24 bits per heavy atom. The molecule has 0 radical (unpaired) electrons. The van der Waals surface area contributed by atoms with Crippen molar-refractivity contribution >= 4 is 39.2 Å². The zero-order valence-corrected chi connectivity index (χ0v) is 30.1. The Balaban J connectivity index is 1.07. The van der Waals surface area contributed by atoms with Gasteiger partial charge in [-0.3, -0.25) is 0 Å². The lowest BCUT2D eigenvalue weighted by atomic mass is 9.91. The smallest absolute Gasteiger partial charge is 0.0462 e. The fourth-order valence-electron chi connectivity index (χ4n) is 7.65. The van der Waals surface area contributed by atoms with Crippen LogP contribution in [-0.2, 0) is 0 Å². The summed E-state index contributed by atoms with van der Waals surface area (Å²) in [5, 5.41) is 2.49. The number of allylic oxidation sites excluding steroid dienone is 3. The van der Waals surface area contributed by atoms with Gasteiger partial charge in [0.2, 0.25) is 0 Å². The van der Waals surface area contributed by atoms with Crippen LogP contribution in [0.25, 0.3) is 44.2 Å². The van der Waals surface area contributed by atoms with Crippen LogP contribution >= 0.6 is 0 Å². The lowest BCUT2D eigenvalue weighted by Crippen LogP contribution is -2.16. The molecule has 9 rings (SSSR count). The van der Waals surface area contributed by atoms with Crippen LogP contribution in [0.5, 0.6) is 0 Å². The molecule has 54 heavy (non-hydrogen) atoms. The highest BCUT2D eigenvalue weighted by Crippen LogP contribution is 2.41. The number of hydrogen-bond acceptors (Lipinski definition) is 2. The highest BCUT2D eigenvalue weighted by atomic mass is 15.1. The molecule has 2 nitrogen and oxygen atoms in total. The highest BCUT2D eigenvalue weighted by Gasteiger charge is 2.17. The van der Waals surface area contributed by atoms with E-state index in [2.05, 4.69) is 228 Å². The van der Waals surface area contributed by atoms with Crippen molar-refractivity contribution in [3.05, 3.63) is 224 Å². The Labute approximate surface area is 318 Å². The van der Waals surface area contributed by atoms with E-state index in [4.69, 9.17) is 0 Å². The molecule has 1 aliphatic carbocycles. The maximum atomic E-state index is 2.35. The Bertz CT molecular complexity index is 2550. The van der Waals surface area contributed by atoms with Crippen molar-refractivity contribution in [2.75, 3.05) is 9.80 Å². The number of fused-ring (bicyclic) bond motifs is 1. The predicted octanol–water partition coefficient (Wildman–Crippen LogP) is 14.7. The molecule has 0 spiro atoms. The van der Waals surface area contributed by atoms with Crippen LogP contribution in [0.2, 0.25) is 0 Å². The molecule has 8 aromatic carbocycles. The zero-order valence-electron chi connectivity index (χ0n) is 30.1. The van der Waals surface area contributed by atoms with Crippen LogP contribution in [0.1, 0.15) is 12.8 Å². The van der Waals surface area contributed by atoms with Crippen LogP contribution < -0.4 is 9.80 Å². The van der Waals surface area contributed by atoms with Crippen molar-refractivity contribution in [2.45, 2.75) is 12.8 Å². The number of rotatable bonds is 9. The van der Waals surface area contributed by atoms with Gasteiger partial charge in [-0.1, -0.05) is 152 Å². The van der Waals surface area contributed by atoms with Gasteiger partial charge in [-0.2, -0.15) is 0 Å². The second kappa shape index (κ2) is 15.0. The molecule has 0 saturated heterocycles. The zero-order chi connectivity index (χ0) is 36.1. The molecule has 0 fully saturated rings. The maximum absolute atomic E-state index is 2.35. The lowest BCUT2D eigenvalue weighted by Gasteiger charge is -2.27. The normalized spacial score (nSPS) is 12.3. The van der Waals surface area contributed by atoms with Crippen LogP contribution in [0, 0.1) is 0 Å². The molecule has 8 aromatic rings. The molecule has 0 unspecified atom stereocenters. The molecule has 1 aliphatic rings. The van der Waals surface area contributed by atoms with Crippen LogP contribution in [0.3, 0.4) is 0 Å². The van der Waals surface area contributed by atoms with Gasteiger partial charge in [-0.15, -0.1) is 0 Å². The largest absolute Gasteiger partial charge is 0.311 e. The Hall–Kier alpha value is -6.90. The van der Waals surface area contributed by atoms with Gasteiger partial charge >= 0.3 is 0 Å². The van der Waals surface area contributed by atoms with Gasteiger partial charge in [0, 0.05) is 34.1 Å². The average molecular weight is 693 g/mol.